The number of carbonyl (C=O) groups excluding carboxylic acids is 1. The van der Waals surface area contributed by atoms with Crippen LogP contribution in [0.15, 0.2) is 18.2 Å². The first-order valence-corrected chi connectivity index (χ1v) is 6.28. The number of hydrogen-bond acceptors (Lipinski definition) is 3. The van der Waals surface area contributed by atoms with E-state index in [0.717, 1.165) is 19.2 Å². The third-order valence-electron chi connectivity index (χ3n) is 2.86. The molecule has 2 heterocycles. The van der Waals surface area contributed by atoms with Crippen LogP contribution >= 0.6 is 11.6 Å². The molecule has 120 valence electrons. The van der Waals surface area contributed by atoms with Crippen molar-refractivity contribution in [2.45, 2.75) is 12.1 Å². The van der Waals surface area contributed by atoms with Crippen LogP contribution in [0.2, 0.25) is 0 Å². The number of halogens is 6. The van der Waals surface area contributed by atoms with E-state index in [9.17, 15) is 26.7 Å². The molecular weight excluding hydrogens is 335 g/mol. The Kier molecular flexibility index (Phi) is 4.03. The summed E-state index contributed by atoms with van der Waals surface area (Å²) in [4.78, 5) is 11.6. The Morgan fingerprint density at radius 1 is 1.32 bits per heavy atom. The van der Waals surface area contributed by atoms with Gasteiger partial charge >= 0.3 is 12.1 Å². The molecule has 2 aromatic heterocycles. The number of pyridine rings is 1. The second-order valence-electron chi connectivity index (χ2n) is 4.26. The lowest BCUT2D eigenvalue weighted by molar-refractivity contribution is -0.142. The van der Waals surface area contributed by atoms with Gasteiger partial charge in [-0.25, -0.2) is 9.31 Å². The average Bonchev–Trinajstić information content (AvgIpc) is 2.85. The number of methoxy groups -OCH3 is 1. The molecule has 10 heteroatoms. The highest BCUT2D eigenvalue weighted by Gasteiger charge is 2.42. The summed E-state index contributed by atoms with van der Waals surface area (Å²) < 4.78 is 71.2. The van der Waals surface area contributed by atoms with E-state index in [1.807, 2.05) is 0 Å². The first kappa shape index (κ1) is 16.5. The van der Waals surface area contributed by atoms with Crippen LogP contribution in [-0.4, -0.2) is 28.6 Å². The van der Waals surface area contributed by atoms with Crippen molar-refractivity contribution in [2.75, 3.05) is 13.0 Å². The smallest absolute Gasteiger partial charge is 0.433 e. The van der Waals surface area contributed by atoms with Gasteiger partial charge < -0.3 is 4.74 Å². The van der Waals surface area contributed by atoms with Crippen LogP contribution in [0.5, 0.6) is 0 Å². The van der Waals surface area contributed by atoms with Crippen LogP contribution in [0.1, 0.15) is 21.7 Å². The van der Waals surface area contributed by atoms with Gasteiger partial charge in [-0.15, -0.1) is 11.6 Å². The fraction of sp³-hybridized carbons (Fsp3) is 0.333. The zero-order valence-corrected chi connectivity index (χ0v) is 11.7. The summed E-state index contributed by atoms with van der Waals surface area (Å²) in [7, 11) is 0.902. The van der Waals surface area contributed by atoms with E-state index in [1.54, 1.807) is 0 Å². The van der Waals surface area contributed by atoms with E-state index >= 15 is 0 Å². The SMILES string of the molecule is COC(=O)c1nn2c(C(F)(F)F)cccc2c1C(F)(F)CCl. The van der Waals surface area contributed by atoms with Gasteiger partial charge in [0.2, 0.25) is 0 Å². The molecule has 0 amide bonds. The number of esters is 1. The van der Waals surface area contributed by atoms with Crippen molar-refractivity contribution in [2.24, 2.45) is 0 Å². The maximum absolute atomic E-state index is 14.0. The minimum Gasteiger partial charge on any atom is -0.464 e. The highest BCUT2D eigenvalue weighted by atomic mass is 35.5. The molecule has 0 aliphatic heterocycles. The van der Waals surface area contributed by atoms with E-state index < -0.39 is 46.4 Å². The van der Waals surface area contributed by atoms with Gasteiger partial charge in [-0.2, -0.15) is 27.1 Å². The largest absolute Gasteiger partial charge is 0.464 e. The standard InChI is InChI=1S/C12H8ClF5N2O2/c1-22-10(21)9-8(11(14,15)5-13)6-3-2-4-7(12(16,17)18)20(6)19-9/h2-4H,5H2,1H3. The van der Waals surface area contributed by atoms with Crippen LogP contribution in [-0.2, 0) is 16.8 Å². The van der Waals surface area contributed by atoms with Crippen molar-refractivity contribution >= 4 is 23.1 Å². The molecule has 0 fully saturated rings. The minimum absolute atomic E-state index is 0.238. The summed E-state index contributed by atoms with van der Waals surface area (Å²) in [6, 6.07) is 2.59. The molecular formula is C12H8ClF5N2O2. The summed E-state index contributed by atoms with van der Waals surface area (Å²) in [6.07, 6.45) is -4.84. The van der Waals surface area contributed by atoms with Crippen molar-refractivity contribution in [3.8, 4) is 0 Å². The van der Waals surface area contributed by atoms with E-state index in [0.29, 0.717) is 6.07 Å². The number of hydrogen-bond donors (Lipinski definition) is 0. The quantitative estimate of drug-likeness (QED) is 0.487. The normalized spacial score (nSPS) is 12.7. The Bertz CT molecular complexity index is 726. The first-order valence-electron chi connectivity index (χ1n) is 5.75. The lowest BCUT2D eigenvalue weighted by atomic mass is 10.1. The maximum atomic E-state index is 14.0. The van der Waals surface area contributed by atoms with E-state index in [4.69, 9.17) is 11.6 Å². The summed E-state index contributed by atoms with van der Waals surface area (Å²) >= 11 is 5.17. The summed E-state index contributed by atoms with van der Waals surface area (Å²) in [6.45, 7) is 0. The minimum atomic E-state index is -4.84. The van der Waals surface area contributed by atoms with E-state index in [2.05, 4.69) is 9.84 Å². The molecule has 2 aromatic rings. The number of nitrogens with zero attached hydrogens (tertiary/aromatic N) is 2. The van der Waals surface area contributed by atoms with Crippen molar-refractivity contribution in [3.05, 3.63) is 35.2 Å². The van der Waals surface area contributed by atoms with Gasteiger partial charge in [-0.05, 0) is 12.1 Å². The highest BCUT2D eigenvalue weighted by molar-refractivity contribution is 6.18. The summed E-state index contributed by atoms with van der Waals surface area (Å²) in [5.41, 5.74) is -3.78. The third kappa shape index (κ3) is 2.60. The second kappa shape index (κ2) is 5.38. The van der Waals surface area contributed by atoms with Crippen LogP contribution < -0.4 is 0 Å². The van der Waals surface area contributed by atoms with Gasteiger partial charge in [0.25, 0.3) is 5.92 Å². The topological polar surface area (TPSA) is 43.6 Å². The number of aromatic nitrogens is 2. The maximum Gasteiger partial charge on any atom is 0.433 e. The number of ether oxygens (including phenoxy) is 1. The molecule has 22 heavy (non-hydrogen) atoms. The molecule has 0 aliphatic rings. The van der Waals surface area contributed by atoms with Gasteiger partial charge in [-0.1, -0.05) is 6.07 Å². The fourth-order valence-corrected chi connectivity index (χ4v) is 2.08. The monoisotopic (exact) mass is 342 g/mol. The zero-order chi connectivity index (χ0) is 16.7. The van der Waals surface area contributed by atoms with E-state index in [-0.39, 0.29) is 4.52 Å². The molecule has 0 unspecified atom stereocenters. The van der Waals surface area contributed by atoms with Crippen molar-refractivity contribution in [3.63, 3.8) is 0 Å². The second-order valence-corrected chi connectivity index (χ2v) is 4.53. The molecule has 0 radical (unpaired) electrons. The molecule has 2 rings (SSSR count). The van der Waals surface area contributed by atoms with Crippen molar-refractivity contribution in [1.29, 1.82) is 0 Å². The van der Waals surface area contributed by atoms with Gasteiger partial charge in [0.05, 0.1) is 24.1 Å². The van der Waals surface area contributed by atoms with Crippen LogP contribution in [0.25, 0.3) is 5.52 Å². The Hall–Kier alpha value is -1.90. The van der Waals surface area contributed by atoms with Crippen molar-refractivity contribution < 1.29 is 31.5 Å². The molecule has 0 aliphatic carbocycles. The number of carbonyl (C=O) groups is 1. The molecule has 0 spiro atoms. The average molecular weight is 343 g/mol. The lowest BCUT2D eigenvalue weighted by Crippen LogP contribution is -2.19. The zero-order valence-electron chi connectivity index (χ0n) is 10.9. The number of alkyl halides is 6. The third-order valence-corrected chi connectivity index (χ3v) is 3.20. The molecule has 0 bridgehead atoms. The Labute approximate surface area is 125 Å². The molecule has 0 saturated carbocycles. The van der Waals surface area contributed by atoms with Gasteiger partial charge in [-0.3, -0.25) is 0 Å². The fourth-order valence-electron chi connectivity index (χ4n) is 1.95. The van der Waals surface area contributed by atoms with Gasteiger partial charge in [0.15, 0.2) is 5.69 Å². The Morgan fingerprint density at radius 3 is 2.45 bits per heavy atom. The molecule has 0 N–H and O–H groups in total. The first-order chi connectivity index (χ1) is 10.1. The van der Waals surface area contributed by atoms with Crippen LogP contribution in [0, 0.1) is 0 Å². The highest BCUT2D eigenvalue weighted by Crippen LogP contribution is 2.38. The predicted molar refractivity (Wildman–Crippen MR) is 66.1 cm³/mol. The van der Waals surface area contributed by atoms with Gasteiger partial charge in [0, 0.05) is 0 Å². The molecule has 0 aromatic carbocycles. The molecule has 4 nitrogen and oxygen atoms in total. The molecule has 0 atom stereocenters. The Balaban J connectivity index is 2.89. The number of fused-ring (bicyclic) bond motifs is 1. The predicted octanol–water partition coefficient (Wildman–Crippen LogP) is 3.47. The summed E-state index contributed by atoms with van der Waals surface area (Å²) in [5, 5.41) is 3.35. The van der Waals surface area contributed by atoms with E-state index in [1.165, 1.54) is 0 Å². The van der Waals surface area contributed by atoms with Crippen LogP contribution in [0.4, 0.5) is 22.0 Å². The van der Waals surface area contributed by atoms with Gasteiger partial charge in [0.1, 0.15) is 5.69 Å². The Morgan fingerprint density at radius 2 is 1.95 bits per heavy atom. The van der Waals surface area contributed by atoms with Crippen molar-refractivity contribution in [1.82, 2.24) is 9.61 Å². The number of rotatable bonds is 3. The van der Waals surface area contributed by atoms with Crippen LogP contribution in [0.3, 0.4) is 0 Å². The molecule has 0 saturated heterocycles. The lowest BCUT2D eigenvalue weighted by Gasteiger charge is -2.13. The summed E-state index contributed by atoms with van der Waals surface area (Å²) in [5.74, 6) is -6.26.